The maximum absolute atomic E-state index is 15.3. The molecule has 3 atom stereocenters. The number of alkyl halides is 1. The van der Waals surface area contributed by atoms with Crippen molar-refractivity contribution in [3.05, 3.63) is 0 Å². The Morgan fingerprint density at radius 3 is 2.53 bits per heavy atom. The van der Waals surface area contributed by atoms with Crippen molar-refractivity contribution in [3.63, 3.8) is 0 Å². The summed E-state index contributed by atoms with van der Waals surface area (Å²) in [6.45, 7) is 2.21. The second-order valence-electron chi connectivity index (χ2n) is 6.72. The van der Waals surface area contributed by atoms with Gasteiger partial charge in [0.2, 0.25) is 0 Å². The van der Waals surface area contributed by atoms with Gasteiger partial charge < -0.3 is 15.2 Å². The summed E-state index contributed by atoms with van der Waals surface area (Å²) in [5.74, 6) is 0.130. The van der Waals surface area contributed by atoms with Crippen LogP contribution in [0.15, 0.2) is 0 Å². The molecule has 0 aromatic carbocycles. The zero-order valence-corrected chi connectivity index (χ0v) is 11.7. The van der Waals surface area contributed by atoms with Crippen molar-refractivity contribution in [2.45, 2.75) is 68.7 Å². The van der Waals surface area contributed by atoms with Gasteiger partial charge in [-0.1, -0.05) is 0 Å². The number of hydrogen-bond acceptors (Lipinski definition) is 3. The summed E-state index contributed by atoms with van der Waals surface area (Å²) in [5.41, 5.74) is 4.84. The molecule has 0 aromatic heterocycles. The summed E-state index contributed by atoms with van der Waals surface area (Å²) in [6.07, 6.45) is 6.71. The van der Waals surface area contributed by atoms with Crippen LogP contribution in [0.25, 0.3) is 0 Å². The van der Waals surface area contributed by atoms with E-state index in [-0.39, 0.29) is 17.6 Å². The van der Waals surface area contributed by atoms with Gasteiger partial charge >= 0.3 is 0 Å². The van der Waals surface area contributed by atoms with Gasteiger partial charge in [0, 0.05) is 25.9 Å². The van der Waals surface area contributed by atoms with Gasteiger partial charge in [-0.25, -0.2) is 4.39 Å². The molecule has 1 aliphatic carbocycles. The van der Waals surface area contributed by atoms with Crippen molar-refractivity contribution in [1.29, 1.82) is 0 Å². The van der Waals surface area contributed by atoms with Gasteiger partial charge in [-0.05, 0) is 57.3 Å². The third kappa shape index (κ3) is 2.81. The fourth-order valence-electron chi connectivity index (χ4n) is 4.23. The highest BCUT2D eigenvalue weighted by atomic mass is 19.1. The highest BCUT2D eigenvalue weighted by molar-refractivity contribution is 4.99. The molecule has 3 unspecified atom stereocenters. The second kappa shape index (κ2) is 5.30. The summed E-state index contributed by atoms with van der Waals surface area (Å²) < 4.78 is 26.7. The third-order valence-corrected chi connectivity index (χ3v) is 5.40. The van der Waals surface area contributed by atoms with Gasteiger partial charge in [-0.2, -0.15) is 0 Å². The minimum atomic E-state index is -1.05. The number of nitrogens with two attached hydrogens (primary N) is 1. The first kappa shape index (κ1) is 13.8. The normalized spacial score (nSPS) is 43.3. The average molecular weight is 271 g/mol. The van der Waals surface area contributed by atoms with Crippen molar-refractivity contribution >= 4 is 0 Å². The van der Waals surface area contributed by atoms with Crippen LogP contribution in [0, 0.1) is 5.92 Å². The first-order valence-corrected chi connectivity index (χ1v) is 7.78. The van der Waals surface area contributed by atoms with Gasteiger partial charge in [-0.3, -0.25) is 0 Å². The molecular weight excluding hydrogens is 245 g/mol. The zero-order valence-electron chi connectivity index (χ0n) is 11.7. The first-order valence-electron chi connectivity index (χ1n) is 7.78. The molecule has 110 valence electrons. The lowest BCUT2D eigenvalue weighted by atomic mass is 9.68. The largest absolute Gasteiger partial charge is 0.381 e. The van der Waals surface area contributed by atoms with Crippen LogP contribution in [-0.2, 0) is 9.47 Å². The van der Waals surface area contributed by atoms with Gasteiger partial charge in [-0.15, -0.1) is 0 Å². The molecule has 2 saturated heterocycles. The molecule has 3 nitrogen and oxygen atoms in total. The Morgan fingerprint density at radius 1 is 1.00 bits per heavy atom. The van der Waals surface area contributed by atoms with Crippen LogP contribution in [-0.4, -0.2) is 37.1 Å². The highest BCUT2D eigenvalue weighted by Crippen LogP contribution is 2.47. The predicted octanol–water partition coefficient (Wildman–Crippen LogP) is 2.57. The maximum Gasteiger partial charge on any atom is 0.115 e. The van der Waals surface area contributed by atoms with Crippen molar-refractivity contribution in [3.8, 4) is 0 Å². The van der Waals surface area contributed by atoms with Crippen LogP contribution in [0.5, 0.6) is 0 Å². The smallest absolute Gasteiger partial charge is 0.115 e. The van der Waals surface area contributed by atoms with E-state index in [0.717, 1.165) is 51.7 Å². The lowest BCUT2D eigenvalue weighted by Crippen LogP contribution is -2.51. The number of rotatable bonds is 1. The summed E-state index contributed by atoms with van der Waals surface area (Å²) in [6, 6.07) is 0.0484. The average Bonchev–Trinajstić information content (AvgIpc) is 2.39. The molecule has 2 N–H and O–H groups in total. The van der Waals surface area contributed by atoms with Crippen molar-refractivity contribution in [2.24, 2.45) is 11.7 Å². The molecular formula is C15H26FNO2. The molecule has 1 saturated carbocycles. The molecule has 2 heterocycles. The van der Waals surface area contributed by atoms with E-state index in [9.17, 15) is 0 Å². The van der Waals surface area contributed by atoms with Gasteiger partial charge in [0.15, 0.2) is 0 Å². The molecule has 0 amide bonds. The molecule has 2 aliphatic heterocycles. The Balaban J connectivity index is 1.70. The van der Waals surface area contributed by atoms with Crippen molar-refractivity contribution < 1.29 is 13.9 Å². The van der Waals surface area contributed by atoms with Crippen molar-refractivity contribution in [1.82, 2.24) is 0 Å². The van der Waals surface area contributed by atoms with E-state index in [0.29, 0.717) is 19.4 Å². The predicted molar refractivity (Wildman–Crippen MR) is 71.7 cm³/mol. The molecule has 3 fully saturated rings. The van der Waals surface area contributed by atoms with Crippen LogP contribution >= 0.6 is 0 Å². The van der Waals surface area contributed by atoms with E-state index in [1.165, 1.54) is 0 Å². The van der Waals surface area contributed by atoms with Gasteiger partial charge in [0.25, 0.3) is 0 Å². The molecule has 4 heteroatoms. The summed E-state index contributed by atoms with van der Waals surface area (Å²) >= 11 is 0. The van der Waals surface area contributed by atoms with Crippen LogP contribution in [0.4, 0.5) is 4.39 Å². The quantitative estimate of drug-likeness (QED) is 0.797. The van der Waals surface area contributed by atoms with Crippen molar-refractivity contribution in [2.75, 3.05) is 19.8 Å². The van der Waals surface area contributed by atoms with Gasteiger partial charge in [0.05, 0.1) is 5.60 Å². The standard InChI is InChI=1S/C15H26FNO2/c16-15(4-1-2-13(17)11-15)12-3-7-19-14(10-12)5-8-18-9-6-14/h12-13H,1-11,17H2. The second-order valence-corrected chi connectivity index (χ2v) is 6.72. The minimum Gasteiger partial charge on any atom is -0.381 e. The van der Waals surface area contributed by atoms with E-state index >= 15 is 4.39 Å². The Hall–Kier alpha value is -0.190. The molecule has 0 bridgehead atoms. The van der Waals surface area contributed by atoms with E-state index in [1.54, 1.807) is 0 Å². The number of halogens is 1. The summed E-state index contributed by atoms with van der Waals surface area (Å²) in [4.78, 5) is 0. The zero-order chi connectivity index (χ0) is 13.3. The summed E-state index contributed by atoms with van der Waals surface area (Å²) in [7, 11) is 0. The Labute approximate surface area is 115 Å². The molecule has 1 spiro atoms. The van der Waals surface area contributed by atoms with Gasteiger partial charge in [0.1, 0.15) is 5.67 Å². The first-order chi connectivity index (χ1) is 9.12. The molecule has 19 heavy (non-hydrogen) atoms. The number of ether oxygens (including phenoxy) is 2. The Kier molecular flexibility index (Phi) is 3.84. The molecule has 3 rings (SSSR count). The maximum atomic E-state index is 15.3. The van der Waals surface area contributed by atoms with E-state index < -0.39 is 5.67 Å². The van der Waals surface area contributed by atoms with Crippen LogP contribution in [0.3, 0.4) is 0 Å². The summed E-state index contributed by atoms with van der Waals surface area (Å²) in [5, 5.41) is 0. The molecule has 0 radical (unpaired) electrons. The topological polar surface area (TPSA) is 44.5 Å². The van der Waals surface area contributed by atoms with Crippen LogP contribution < -0.4 is 5.73 Å². The monoisotopic (exact) mass is 271 g/mol. The third-order valence-electron chi connectivity index (χ3n) is 5.40. The Morgan fingerprint density at radius 2 is 1.79 bits per heavy atom. The molecule has 3 aliphatic rings. The molecule has 0 aromatic rings. The number of hydrogen-bond donors (Lipinski definition) is 1. The minimum absolute atomic E-state index is 0.0484. The van der Waals surface area contributed by atoms with Crippen LogP contribution in [0.2, 0.25) is 0 Å². The lowest BCUT2D eigenvalue weighted by molar-refractivity contribution is -0.168. The lowest BCUT2D eigenvalue weighted by Gasteiger charge is -2.48. The fraction of sp³-hybridized carbons (Fsp3) is 1.00. The fourth-order valence-corrected chi connectivity index (χ4v) is 4.23. The van der Waals surface area contributed by atoms with E-state index in [2.05, 4.69) is 0 Å². The van der Waals surface area contributed by atoms with E-state index in [1.807, 2.05) is 0 Å². The highest BCUT2D eigenvalue weighted by Gasteiger charge is 2.49. The Bertz CT molecular complexity index is 314. The van der Waals surface area contributed by atoms with Crippen LogP contribution in [0.1, 0.15) is 51.4 Å². The van der Waals surface area contributed by atoms with E-state index in [4.69, 9.17) is 15.2 Å². The SMILES string of the molecule is NC1CCCC(F)(C2CCOC3(CCOCC3)C2)C1.